The van der Waals surface area contributed by atoms with Crippen molar-refractivity contribution in [1.82, 2.24) is 0 Å². The van der Waals surface area contributed by atoms with Crippen molar-refractivity contribution in [3.05, 3.63) is 57.6 Å². The standard InChI is InChI=1S/C18H17BrO4/c1-11-4-7-17(22-2)13(8-11)15(20)6-5-12-9-18(23-3)16(21)10-14(12)19/h4-10,21H,1-3H3/b6-5+. The van der Waals surface area contributed by atoms with Crippen LogP contribution in [0.3, 0.4) is 0 Å². The number of allylic oxidation sites excluding steroid dienone is 1. The average molecular weight is 377 g/mol. The zero-order chi connectivity index (χ0) is 17.0. The van der Waals surface area contributed by atoms with Crippen LogP contribution >= 0.6 is 15.9 Å². The molecule has 0 radical (unpaired) electrons. The van der Waals surface area contributed by atoms with Crippen LogP contribution in [0.25, 0.3) is 6.08 Å². The summed E-state index contributed by atoms with van der Waals surface area (Å²) in [6.07, 6.45) is 3.13. The summed E-state index contributed by atoms with van der Waals surface area (Å²) in [7, 11) is 3.01. The smallest absolute Gasteiger partial charge is 0.189 e. The second-order valence-corrected chi connectivity index (χ2v) is 5.80. The van der Waals surface area contributed by atoms with Gasteiger partial charge in [0.15, 0.2) is 17.3 Å². The highest BCUT2D eigenvalue weighted by Gasteiger charge is 2.11. The molecule has 0 heterocycles. The molecule has 0 bridgehead atoms. The summed E-state index contributed by atoms with van der Waals surface area (Å²) < 4.78 is 11.0. The average Bonchev–Trinajstić information content (AvgIpc) is 2.53. The normalized spacial score (nSPS) is 10.8. The third kappa shape index (κ3) is 3.93. The van der Waals surface area contributed by atoms with Crippen LogP contribution in [0.1, 0.15) is 21.5 Å². The number of rotatable bonds is 5. The molecule has 0 unspecified atom stereocenters. The van der Waals surface area contributed by atoms with Crippen LogP contribution in [-0.2, 0) is 0 Å². The first-order valence-electron chi connectivity index (χ1n) is 6.89. The maximum absolute atomic E-state index is 12.4. The molecule has 0 fully saturated rings. The number of aryl methyl sites for hydroxylation is 1. The molecule has 2 aromatic carbocycles. The van der Waals surface area contributed by atoms with E-state index in [9.17, 15) is 9.90 Å². The van der Waals surface area contributed by atoms with Gasteiger partial charge in [-0.25, -0.2) is 0 Å². The molecule has 5 heteroatoms. The lowest BCUT2D eigenvalue weighted by Crippen LogP contribution is -1.99. The van der Waals surface area contributed by atoms with E-state index in [-0.39, 0.29) is 11.5 Å². The highest BCUT2D eigenvalue weighted by atomic mass is 79.9. The number of benzene rings is 2. The van der Waals surface area contributed by atoms with Gasteiger partial charge in [-0.2, -0.15) is 0 Å². The maximum atomic E-state index is 12.4. The number of methoxy groups -OCH3 is 2. The Morgan fingerprint density at radius 1 is 1.13 bits per heavy atom. The van der Waals surface area contributed by atoms with Gasteiger partial charge in [-0.1, -0.05) is 27.6 Å². The molecule has 0 aromatic heterocycles. The van der Waals surface area contributed by atoms with Gasteiger partial charge >= 0.3 is 0 Å². The number of ketones is 1. The van der Waals surface area contributed by atoms with Gasteiger partial charge in [0.2, 0.25) is 0 Å². The van der Waals surface area contributed by atoms with Gasteiger partial charge in [-0.3, -0.25) is 4.79 Å². The van der Waals surface area contributed by atoms with Crippen LogP contribution in [0.2, 0.25) is 0 Å². The van der Waals surface area contributed by atoms with Gasteiger partial charge in [-0.15, -0.1) is 0 Å². The van der Waals surface area contributed by atoms with Gasteiger partial charge in [0.25, 0.3) is 0 Å². The number of hydrogen-bond donors (Lipinski definition) is 1. The topological polar surface area (TPSA) is 55.8 Å². The SMILES string of the molecule is COc1cc(/C=C/C(=O)c2cc(C)ccc2OC)c(Br)cc1O. The molecule has 4 nitrogen and oxygen atoms in total. The fourth-order valence-corrected chi connectivity index (χ4v) is 2.58. The molecule has 0 aliphatic heterocycles. The molecule has 0 aliphatic carbocycles. The number of hydrogen-bond acceptors (Lipinski definition) is 4. The Balaban J connectivity index is 2.34. The number of ether oxygens (including phenoxy) is 2. The molecule has 0 aliphatic rings. The molecule has 0 atom stereocenters. The van der Waals surface area contributed by atoms with E-state index in [1.165, 1.54) is 26.4 Å². The van der Waals surface area contributed by atoms with Crippen molar-refractivity contribution >= 4 is 27.8 Å². The van der Waals surface area contributed by atoms with Crippen LogP contribution in [0.15, 0.2) is 40.9 Å². The Morgan fingerprint density at radius 3 is 2.48 bits per heavy atom. The first-order chi connectivity index (χ1) is 11.0. The molecule has 2 aromatic rings. The Morgan fingerprint density at radius 2 is 1.83 bits per heavy atom. The number of carbonyl (C=O) groups excluding carboxylic acids is 1. The highest BCUT2D eigenvalue weighted by molar-refractivity contribution is 9.10. The lowest BCUT2D eigenvalue weighted by molar-refractivity contribution is 0.104. The van der Waals surface area contributed by atoms with Gasteiger partial charge in [0.1, 0.15) is 5.75 Å². The lowest BCUT2D eigenvalue weighted by Gasteiger charge is -2.07. The predicted octanol–water partition coefficient (Wildman–Crippen LogP) is 4.38. The summed E-state index contributed by atoms with van der Waals surface area (Å²) in [5.41, 5.74) is 2.21. The van der Waals surface area contributed by atoms with Crippen molar-refractivity contribution < 1.29 is 19.4 Å². The summed E-state index contributed by atoms with van der Waals surface area (Å²) in [6.45, 7) is 1.92. The maximum Gasteiger partial charge on any atom is 0.189 e. The zero-order valence-electron chi connectivity index (χ0n) is 13.1. The lowest BCUT2D eigenvalue weighted by atomic mass is 10.1. The van der Waals surface area contributed by atoms with Crippen LogP contribution in [0.4, 0.5) is 0 Å². The van der Waals surface area contributed by atoms with Crippen molar-refractivity contribution in [2.45, 2.75) is 6.92 Å². The molecule has 23 heavy (non-hydrogen) atoms. The Bertz CT molecular complexity index is 766. The first-order valence-corrected chi connectivity index (χ1v) is 7.69. The van der Waals surface area contributed by atoms with E-state index in [0.29, 0.717) is 21.5 Å². The predicted molar refractivity (Wildman–Crippen MR) is 93.5 cm³/mol. The molecule has 0 saturated heterocycles. The van der Waals surface area contributed by atoms with Gasteiger partial charge in [0, 0.05) is 4.47 Å². The molecular formula is C18H17BrO4. The first kappa shape index (κ1) is 17.1. The van der Waals surface area contributed by atoms with Crippen molar-refractivity contribution in [1.29, 1.82) is 0 Å². The fraction of sp³-hybridized carbons (Fsp3) is 0.167. The van der Waals surface area contributed by atoms with Crippen LogP contribution in [0, 0.1) is 6.92 Å². The van der Waals surface area contributed by atoms with Crippen molar-refractivity contribution in [3.8, 4) is 17.2 Å². The van der Waals surface area contributed by atoms with E-state index in [2.05, 4.69) is 15.9 Å². The van der Waals surface area contributed by atoms with Crippen molar-refractivity contribution in [2.75, 3.05) is 14.2 Å². The molecule has 0 saturated carbocycles. The molecular weight excluding hydrogens is 360 g/mol. The van der Waals surface area contributed by atoms with Crippen molar-refractivity contribution in [3.63, 3.8) is 0 Å². The summed E-state index contributed by atoms with van der Waals surface area (Å²) in [6, 6.07) is 8.63. The molecule has 120 valence electrons. The number of halogens is 1. The van der Waals surface area contributed by atoms with E-state index >= 15 is 0 Å². The Kier molecular flexibility index (Phi) is 5.45. The third-order valence-corrected chi connectivity index (χ3v) is 4.02. The molecule has 0 spiro atoms. The summed E-state index contributed by atoms with van der Waals surface area (Å²) >= 11 is 3.35. The largest absolute Gasteiger partial charge is 0.504 e. The van der Waals surface area contributed by atoms with Gasteiger partial charge in [0.05, 0.1) is 19.8 Å². The summed E-state index contributed by atoms with van der Waals surface area (Å²) in [5.74, 6) is 0.744. The minimum absolute atomic E-state index is 0.0307. The molecule has 1 N–H and O–H groups in total. The van der Waals surface area contributed by atoms with Crippen LogP contribution in [-0.4, -0.2) is 25.1 Å². The third-order valence-electron chi connectivity index (χ3n) is 3.33. The monoisotopic (exact) mass is 376 g/mol. The number of phenols is 1. The summed E-state index contributed by atoms with van der Waals surface area (Å²) in [5, 5.41) is 9.71. The van der Waals surface area contributed by atoms with Gasteiger partial charge < -0.3 is 14.6 Å². The highest BCUT2D eigenvalue weighted by Crippen LogP contribution is 2.33. The number of phenolic OH excluding ortho intramolecular Hbond substituents is 1. The Labute approximate surface area is 143 Å². The van der Waals surface area contributed by atoms with Gasteiger partial charge in [-0.05, 0) is 48.9 Å². The fourth-order valence-electron chi connectivity index (χ4n) is 2.12. The number of carbonyl (C=O) groups is 1. The van der Waals surface area contributed by atoms with Crippen molar-refractivity contribution in [2.24, 2.45) is 0 Å². The summed E-state index contributed by atoms with van der Waals surface area (Å²) in [4.78, 5) is 12.4. The minimum atomic E-state index is -0.163. The van der Waals surface area contributed by atoms with Crippen LogP contribution in [0.5, 0.6) is 17.2 Å². The molecule has 0 amide bonds. The second-order valence-electron chi connectivity index (χ2n) is 4.95. The van der Waals surface area contributed by atoms with E-state index in [4.69, 9.17) is 9.47 Å². The van der Waals surface area contributed by atoms with E-state index in [1.807, 2.05) is 13.0 Å². The van der Waals surface area contributed by atoms with E-state index < -0.39 is 0 Å². The Hall–Kier alpha value is -2.27. The second kappa shape index (κ2) is 7.33. The molecule has 2 rings (SSSR count). The quantitative estimate of drug-likeness (QED) is 0.621. The zero-order valence-corrected chi connectivity index (χ0v) is 14.7. The van der Waals surface area contributed by atoms with E-state index in [1.54, 1.807) is 24.3 Å². The van der Waals surface area contributed by atoms with Crippen LogP contribution < -0.4 is 9.47 Å². The number of aromatic hydroxyl groups is 1. The minimum Gasteiger partial charge on any atom is -0.504 e. The van der Waals surface area contributed by atoms with E-state index in [0.717, 1.165) is 11.1 Å².